The Morgan fingerprint density at radius 2 is 2.05 bits per heavy atom. The first kappa shape index (κ1) is 16.2. The van der Waals surface area contributed by atoms with E-state index in [1.165, 1.54) is 0 Å². The van der Waals surface area contributed by atoms with E-state index in [9.17, 15) is 0 Å². The fourth-order valence-corrected chi connectivity index (χ4v) is 3.37. The van der Waals surface area contributed by atoms with Crippen molar-refractivity contribution in [3.8, 4) is 0 Å². The molecule has 0 aromatic rings. The lowest BCUT2D eigenvalue weighted by Gasteiger charge is -2.45. The van der Waals surface area contributed by atoms with Crippen molar-refractivity contribution in [3.05, 3.63) is 0 Å². The maximum Gasteiger partial charge on any atom is 0.170 e. The van der Waals surface area contributed by atoms with Crippen LogP contribution >= 0.6 is 0 Å². The highest BCUT2D eigenvalue weighted by molar-refractivity contribution is 4.95. The van der Waals surface area contributed by atoms with Gasteiger partial charge in [0.2, 0.25) is 0 Å². The molecule has 0 amide bonds. The van der Waals surface area contributed by atoms with Crippen LogP contribution in [0.5, 0.6) is 0 Å². The largest absolute Gasteiger partial charge is 0.380 e. The monoisotopic (exact) mass is 286 g/mol. The van der Waals surface area contributed by atoms with Gasteiger partial charge < -0.3 is 19.5 Å². The summed E-state index contributed by atoms with van der Waals surface area (Å²) in [5, 5.41) is 3.62. The fraction of sp³-hybridized carbons (Fsp3) is 1.00. The minimum atomic E-state index is -0.323. The normalized spacial score (nSPS) is 29.4. The Bertz CT molecular complexity index is 282. The first-order valence-corrected chi connectivity index (χ1v) is 8.00. The molecular formula is C15H30N2O3. The Hall–Kier alpha value is -0.200. The molecule has 1 N–H and O–H groups in total. The van der Waals surface area contributed by atoms with Crippen molar-refractivity contribution in [2.75, 3.05) is 46.6 Å². The van der Waals surface area contributed by atoms with Crippen LogP contribution in [-0.4, -0.2) is 69.3 Å². The highest BCUT2D eigenvalue weighted by atomic mass is 16.7. The van der Waals surface area contributed by atoms with Gasteiger partial charge in [-0.2, -0.15) is 0 Å². The summed E-state index contributed by atoms with van der Waals surface area (Å²) in [4.78, 5) is 2.40. The summed E-state index contributed by atoms with van der Waals surface area (Å²) in [6, 6.07) is 0.965. The number of ether oxygens (including phenoxy) is 3. The van der Waals surface area contributed by atoms with Gasteiger partial charge in [0.25, 0.3) is 0 Å². The van der Waals surface area contributed by atoms with E-state index >= 15 is 0 Å². The molecule has 2 atom stereocenters. The Labute approximate surface area is 122 Å². The van der Waals surface area contributed by atoms with Gasteiger partial charge in [0.15, 0.2) is 5.79 Å². The number of nitrogens with one attached hydrogen (secondary N) is 1. The van der Waals surface area contributed by atoms with Crippen molar-refractivity contribution in [1.82, 2.24) is 10.2 Å². The third-order valence-corrected chi connectivity index (χ3v) is 4.46. The lowest BCUT2D eigenvalue weighted by atomic mass is 9.84. The van der Waals surface area contributed by atoms with E-state index in [-0.39, 0.29) is 5.79 Å². The highest BCUT2D eigenvalue weighted by Crippen LogP contribution is 2.37. The van der Waals surface area contributed by atoms with Crippen LogP contribution in [0.2, 0.25) is 0 Å². The minimum absolute atomic E-state index is 0.323. The summed E-state index contributed by atoms with van der Waals surface area (Å²) >= 11 is 0. The number of hydrogen-bond acceptors (Lipinski definition) is 5. The van der Waals surface area contributed by atoms with Crippen LogP contribution in [0.15, 0.2) is 0 Å². The van der Waals surface area contributed by atoms with Gasteiger partial charge in [-0.15, -0.1) is 0 Å². The minimum Gasteiger partial charge on any atom is -0.380 e. The van der Waals surface area contributed by atoms with Gasteiger partial charge in [-0.25, -0.2) is 0 Å². The van der Waals surface area contributed by atoms with Crippen LogP contribution in [0, 0.1) is 0 Å². The second kappa shape index (κ2) is 7.71. The van der Waals surface area contributed by atoms with Crippen molar-refractivity contribution >= 4 is 0 Å². The van der Waals surface area contributed by atoms with E-state index in [0.717, 1.165) is 58.8 Å². The second-order valence-electron chi connectivity index (χ2n) is 5.76. The van der Waals surface area contributed by atoms with Crippen LogP contribution in [0.4, 0.5) is 0 Å². The highest BCUT2D eigenvalue weighted by Gasteiger charge is 2.45. The first-order valence-electron chi connectivity index (χ1n) is 8.00. The molecule has 20 heavy (non-hydrogen) atoms. The summed E-state index contributed by atoms with van der Waals surface area (Å²) in [7, 11) is 2.18. The number of nitrogens with zero attached hydrogens (tertiary/aromatic N) is 1. The van der Waals surface area contributed by atoms with Gasteiger partial charge in [-0.05, 0) is 26.9 Å². The van der Waals surface area contributed by atoms with E-state index in [4.69, 9.17) is 14.2 Å². The summed E-state index contributed by atoms with van der Waals surface area (Å²) in [6.07, 6.45) is 3.06. The summed E-state index contributed by atoms with van der Waals surface area (Å²) < 4.78 is 17.3. The molecule has 118 valence electrons. The molecule has 1 aliphatic carbocycles. The Balaban J connectivity index is 1.94. The topological polar surface area (TPSA) is 43.0 Å². The molecule has 0 aromatic carbocycles. The van der Waals surface area contributed by atoms with Gasteiger partial charge in [-0.1, -0.05) is 6.92 Å². The molecule has 5 heteroatoms. The van der Waals surface area contributed by atoms with Crippen LogP contribution < -0.4 is 5.32 Å². The molecule has 0 aromatic heterocycles. The van der Waals surface area contributed by atoms with Gasteiger partial charge in [0, 0.05) is 38.1 Å². The summed E-state index contributed by atoms with van der Waals surface area (Å²) in [6.45, 7) is 9.22. The van der Waals surface area contributed by atoms with Crippen LogP contribution in [0.1, 0.15) is 33.1 Å². The zero-order valence-corrected chi connectivity index (χ0v) is 13.2. The van der Waals surface area contributed by atoms with E-state index in [1.54, 1.807) is 0 Å². The van der Waals surface area contributed by atoms with Crippen LogP contribution in [0.3, 0.4) is 0 Å². The quantitative estimate of drug-likeness (QED) is 0.713. The van der Waals surface area contributed by atoms with Gasteiger partial charge in [-0.3, -0.25) is 4.90 Å². The van der Waals surface area contributed by atoms with Crippen LogP contribution in [0.25, 0.3) is 0 Å². The molecule has 0 bridgehead atoms. The maximum atomic E-state index is 5.91. The molecule has 1 aliphatic heterocycles. The first-order chi connectivity index (χ1) is 9.71. The molecule has 5 nitrogen and oxygen atoms in total. The van der Waals surface area contributed by atoms with Crippen LogP contribution in [-0.2, 0) is 14.2 Å². The molecule has 1 heterocycles. The van der Waals surface area contributed by atoms with Gasteiger partial charge in [0.1, 0.15) is 0 Å². The second-order valence-corrected chi connectivity index (χ2v) is 5.76. The van der Waals surface area contributed by atoms with E-state index in [1.807, 2.05) is 6.92 Å². The van der Waals surface area contributed by atoms with E-state index in [2.05, 4.69) is 24.2 Å². The lowest BCUT2D eigenvalue weighted by molar-refractivity contribution is -0.192. The molecule has 2 fully saturated rings. The molecular weight excluding hydrogens is 256 g/mol. The number of rotatable bonds is 7. The maximum absolute atomic E-state index is 5.91. The zero-order chi connectivity index (χ0) is 14.4. The Morgan fingerprint density at radius 3 is 2.70 bits per heavy atom. The molecule has 2 unspecified atom stereocenters. The number of hydrogen-bond donors (Lipinski definition) is 1. The van der Waals surface area contributed by atoms with E-state index in [0.29, 0.717) is 12.1 Å². The van der Waals surface area contributed by atoms with Crippen molar-refractivity contribution < 1.29 is 14.2 Å². The van der Waals surface area contributed by atoms with Gasteiger partial charge >= 0.3 is 0 Å². The Morgan fingerprint density at radius 1 is 1.30 bits per heavy atom. The fourth-order valence-electron chi connectivity index (χ4n) is 3.37. The zero-order valence-electron chi connectivity index (χ0n) is 13.2. The van der Waals surface area contributed by atoms with Crippen molar-refractivity contribution in [1.29, 1.82) is 0 Å². The van der Waals surface area contributed by atoms with Crippen molar-refractivity contribution in [2.45, 2.75) is 51.0 Å². The predicted molar refractivity (Wildman–Crippen MR) is 78.9 cm³/mol. The van der Waals surface area contributed by atoms with E-state index < -0.39 is 0 Å². The average molecular weight is 286 g/mol. The van der Waals surface area contributed by atoms with Gasteiger partial charge in [0.05, 0.1) is 19.8 Å². The molecule has 2 aliphatic rings. The SMILES string of the molecule is CCNC1CCC2(CC1N(C)CCOCC)OCCO2. The molecule has 1 spiro atoms. The Kier molecular flexibility index (Phi) is 6.23. The molecule has 1 saturated carbocycles. The summed E-state index contributed by atoms with van der Waals surface area (Å²) in [5.41, 5.74) is 0. The standard InChI is InChI=1S/C15H30N2O3/c1-4-16-13-6-7-15(19-10-11-20-15)12-14(13)17(3)8-9-18-5-2/h13-14,16H,4-12H2,1-3H3. The molecule has 1 saturated heterocycles. The third-order valence-electron chi connectivity index (χ3n) is 4.46. The lowest BCUT2D eigenvalue weighted by Crippen LogP contribution is -2.57. The molecule has 0 radical (unpaired) electrons. The predicted octanol–water partition coefficient (Wildman–Crippen LogP) is 1.23. The van der Waals surface area contributed by atoms with Crippen molar-refractivity contribution in [2.24, 2.45) is 0 Å². The smallest absolute Gasteiger partial charge is 0.170 e. The average Bonchev–Trinajstić information content (AvgIpc) is 2.90. The third kappa shape index (κ3) is 3.92. The summed E-state index contributed by atoms with van der Waals surface area (Å²) in [5.74, 6) is -0.323. The molecule has 2 rings (SSSR count). The number of likely N-dealkylation sites (N-methyl/N-ethyl adjacent to an activating group) is 2. The van der Waals surface area contributed by atoms with Crippen molar-refractivity contribution in [3.63, 3.8) is 0 Å².